The molecule has 0 saturated heterocycles. The third-order valence-corrected chi connectivity index (χ3v) is 3.97. The fourth-order valence-electron chi connectivity index (χ4n) is 1.43. The molecule has 0 bridgehead atoms. The highest BCUT2D eigenvalue weighted by atomic mass is 32.2. The first kappa shape index (κ1) is 15.8. The molecular formula is C11H21N5O2S. The van der Waals surface area contributed by atoms with Crippen molar-refractivity contribution >= 4 is 15.9 Å². The highest BCUT2D eigenvalue weighted by Crippen LogP contribution is 2.07. The van der Waals surface area contributed by atoms with Crippen molar-refractivity contribution in [1.82, 2.24) is 19.6 Å². The molecule has 1 aromatic rings. The van der Waals surface area contributed by atoms with E-state index in [2.05, 4.69) is 26.9 Å². The Morgan fingerprint density at radius 2 is 1.95 bits per heavy atom. The van der Waals surface area contributed by atoms with Crippen molar-refractivity contribution in [1.29, 1.82) is 0 Å². The quantitative estimate of drug-likeness (QED) is 0.644. The van der Waals surface area contributed by atoms with E-state index in [0.717, 1.165) is 25.9 Å². The van der Waals surface area contributed by atoms with Crippen molar-refractivity contribution in [2.24, 2.45) is 0 Å². The van der Waals surface area contributed by atoms with E-state index in [1.165, 1.54) is 23.0 Å². The summed E-state index contributed by atoms with van der Waals surface area (Å²) < 4.78 is 27.6. The minimum Gasteiger partial charge on any atom is -0.317 e. The predicted octanol–water partition coefficient (Wildman–Crippen LogP) is 0.455. The molecule has 0 amide bonds. The molecule has 1 rings (SSSR count). The Morgan fingerprint density at radius 1 is 1.26 bits per heavy atom. The number of hydrogen-bond acceptors (Lipinski definition) is 5. The molecule has 108 valence electrons. The Balaban J connectivity index is 2.39. The third kappa shape index (κ3) is 5.95. The molecule has 0 unspecified atom stereocenters. The number of hydrogen-bond donors (Lipinski definition) is 2. The van der Waals surface area contributed by atoms with Gasteiger partial charge < -0.3 is 5.32 Å². The average molecular weight is 287 g/mol. The van der Waals surface area contributed by atoms with Gasteiger partial charge in [0.05, 0.1) is 18.1 Å². The summed E-state index contributed by atoms with van der Waals surface area (Å²) in [5.74, 6) is 0. The minimum atomic E-state index is -3.53. The largest absolute Gasteiger partial charge is 0.317 e. The molecule has 0 aliphatic carbocycles. The van der Waals surface area contributed by atoms with Gasteiger partial charge in [0.25, 0.3) is 0 Å². The molecule has 0 spiro atoms. The summed E-state index contributed by atoms with van der Waals surface area (Å²) in [5, 5.41) is 3.23. The summed E-state index contributed by atoms with van der Waals surface area (Å²) >= 11 is 0. The van der Waals surface area contributed by atoms with E-state index in [4.69, 9.17) is 0 Å². The summed E-state index contributed by atoms with van der Waals surface area (Å²) in [5.41, 5.74) is 0.360. The van der Waals surface area contributed by atoms with Crippen molar-refractivity contribution < 1.29 is 8.42 Å². The van der Waals surface area contributed by atoms with E-state index in [-0.39, 0.29) is 0 Å². The summed E-state index contributed by atoms with van der Waals surface area (Å²) in [6, 6.07) is 0. The van der Waals surface area contributed by atoms with Crippen molar-refractivity contribution in [3.8, 4) is 0 Å². The van der Waals surface area contributed by atoms with E-state index < -0.39 is 10.2 Å². The lowest BCUT2D eigenvalue weighted by Gasteiger charge is -2.18. The van der Waals surface area contributed by atoms with Crippen LogP contribution in [0.1, 0.15) is 19.8 Å². The Bertz CT molecular complexity index is 451. The topological polar surface area (TPSA) is 87.2 Å². The maximum Gasteiger partial charge on any atom is 0.301 e. The van der Waals surface area contributed by atoms with Crippen LogP contribution in [0.4, 0.5) is 5.69 Å². The van der Waals surface area contributed by atoms with Gasteiger partial charge >= 0.3 is 10.2 Å². The molecule has 7 nitrogen and oxygen atoms in total. The lowest BCUT2D eigenvalue weighted by molar-refractivity contribution is 0.458. The van der Waals surface area contributed by atoms with Gasteiger partial charge in [-0.05, 0) is 25.9 Å². The second-order valence-electron chi connectivity index (χ2n) is 4.16. The first-order valence-corrected chi connectivity index (χ1v) is 7.70. The number of nitrogens with zero attached hydrogens (tertiary/aromatic N) is 3. The summed E-state index contributed by atoms with van der Waals surface area (Å²) in [7, 11) is -1.98. The molecule has 0 aliphatic rings. The van der Waals surface area contributed by atoms with Gasteiger partial charge in [0.15, 0.2) is 0 Å². The van der Waals surface area contributed by atoms with Crippen LogP contribution in [0, 0.1) is 0 Å². The Hall–Kier alpha value is -1.25. The zero-order valence-electron chi connectivity index (χ0n) is 11.3. The second kappa shape index (κ2) is 8.03. The number of anilines is 1. The van der Waals surface area contributed by atoms with Crippen LogP contribution >= 0.6 is 0 Å². The predicted molar refractivity (Wildman–Crippen MR) is 75.0 cm³/mol. The first-order chi connectivity index (χ1) is 9.06. The molecular weight excluding hydrogens is 266 g/mol. The monoisotopic (exact) mass is 287 g/mol. The molecule has 0 aliphatic heterocycles. The van der Waals surface area contributed by atoms with E-state index in [9.17, 15) is 8.42 Å². The van der Waals surface area contributed by atoms with Crippen LogP contribution in [0.25, 0.3) is 0 Å². The third-order valence-electron chi connectivity index (χ3n) is 2.47. The van der Waals surface area contributed by atoms with Crippen LogP contribution in [0.2, 0.25) is 0 Å². The Morgan fingerprint density at radius 3 is 2.58 bits per heavy atom. The van der Waals surface area contributed by atoms with Gasteiger partial charge in [-0.25, -0.2) is 9.97 Å². The standard InChI is InChI=1S/C11H21N5O2S/c1-3-5-12-6-4-7-16(2)19(17,18)15-11-8-13-10-14-9-11/h8-10,12,15H,3-7H2,1-2H3. The first-order valence-electron chi connectivity index (χ1n) is 6.26. The smallest absolute Gasteiger partial charge is 0.301 e. The van der Waals surface area contributed by atoms with Crippen LogP contribution in [0.15, 0.2) is 18.7 Å². The van der Waals surface area contributed by atoms with Crippen LogP contribution in [-0.4, -0.2) is 49.4 Å². The van der Waals surface area contributed by atoms with Crippen LogP contribution in [0.3, 0.4) is 0 Å². The number of rotatable bonds is 9. The Kier molecular flexibility index (Phi) is 6.68. The lowest BCUT2D eigenvalue weighted by atomic mass is 10.4. The van der Waals surface area contributed by atoms with Gasteiger partial charge in [-0.3, -0.25) is 4.72 Å². The van der Waals surface area contributed by atoms with Gasteiger partial charge in [0.2, 0.25) is 0 Å². The van der Waals surface area contributed by atoms with Gasteiger partial charge in [-0.15, -0.1) is 0 Å². The number of aromatic nitrogens is 2. The maximum absolute atomic E-state index is 12.0. The normalized spacial score (nSPS) is 11.7. The molecule has 0 aromatic carbocycles. The van der Waals surface area contributed by atoms with Crippen molar-refractivity contribution in [3.63, 3.8) is 0 Å². The maximum atomic E-state index is 12.0. The molecule has 1 heterocycles. The van der Waals surface area contributed by atoms with Crippen molar-refractivity contribution in [2.75, 3.05) is 31.4 Å². The second-order valence-corrected chi connectivity index (χ2v) is 5.94. The SMILES string of the molecule is CCCNCCCN(C)S(=O)(=O)Nc1cncnc1. The molecule has 19 heavy (non-hydrogen) atoms. The fourth-order valence-corrected chi connectivity index (χ4v) is 2.36. The molecule has 0 fully saturated rings. The van der Waals surface area contributed by atoms with Gasteiger partial charge in [0.1, 0.15) is 6.33 Å². The highest BCUT2D eigenvalue weighted by Gasteiger charge is 2.16. The lowest BCUT2D eigenvalue weighted by Crippen LogP contribution is -2.34. The van der Waals surface area contributed by atoms with Gasteiger partial charge in [-0.2, -0.15) is 12.7 Å². The minimum absolute atomic E-state index is 0.360. The molecule has 0 radical (unpaired) electrons. The zero-order valence-corrected chi connectivity index (χ0v) is 12.2. The molecule has 8 heteroatoms. The highest BCUT2D eigenvalue weighted by molar-refractivity contribution is 7.90. The molecule has 2 N–H and O–H groups in total. The van der Waals surface area contributed by atoms with Crippen LogP contribution < -0.4 is 10.0 Å². The molecule has 0 saturated carbocycles. The summed E-state index contributed by atoms with van der Waals surface area (Å²) in [6.45, 7) is 4.31. The molecule has 1 aromatic heterocycles. The summed E-state index contributed by atoms with van der Waals surface area (Å²) in [4.78, 5) is 7.51. The van der Waals surface area contributed by atoms with Crippen molar-refractivity contribution in [2.45, 2.75) is 19.8 Å². The summed E-state index contributed by atoms with van der Waals surface area (Å²) in [6.07, 6.45) is 6.02. The average Bonchev–Trinajstić information content (AvgIpc) is 2.39. The van der Waals surface area contributed by atoms with Gasteiger partial charge in [0, 0.05) is 13.6 Å². The van der Waals surface area contributed by atoms with Crippen LogP contribution in [0.5, 0.6) is 0 Å². The van der Waals surface area contributed by atoms with E-state index >= 15 is 0 Å². The van der Waals surface area contributed by atoms with E-state index in [0.29, 0.717) is 12.2 Å². The van der Waals surface area contributed by atoms with E-state index in [1.807, 2.05) is 0 Å². The fraction of sp³-hybridized carbons (Fsp3) is 0.636. The van der Waals surface area contributed by atoms with Crippen molar-refractivity contribution in [3.05, 3.63) is 18.7 Å². The number of nitrogens with one attached hydrogen (secondary N) is 2. The van der Waals surface area contributed by atoms with Crippen LogP contribution in [-0.2, 0) is 10.2 Å². The zero-order chi connectivity index (χ0) is 14.1. The molecule has 0 atom stereocenters. The Labute approximate surface area is 114 Å². The van der Waals surface area contributed by atoms with E-state index in [1.54, 1.807) is 7.05 Å². The van der Waals surface area contributed by atoms with Gasteiger partial charge in [-0.1, -0.05) is 6.92 Å².